The van der Waals surface area contributed by atoms with Crippen LogP contribution in [0.15, 0.2) is 22.7 Å². The van der Waals surface area contributed by atoms with Gasteiger partial charge in [0.15, 0.2) is 0 Å². The number of nitrogens with one attached hydrogen (secondary N) is 1. The molecule has 0 bridgehead atoms. The summed E-state index contributed by atoms with van der Waals surface area (Å²) in [6, 6.07) is 7.97. The van der Waals surface area contributed by atoms with E-state index in [0.717, 1.165) is 16.7 Å². The van der Waals surface area contributed by atoms with Gasteiger partial charge >= 0.3 is 0 Å². The van der Waals surface area contributed by atoms with Crippen LogP contribution in [0.25, 0.3) is 0 Å². The van der Waals surface area contributed by atoms with E-state index in [1.807, 2.05) is 18.2 Å². The van der Waals surface area contributed by atoms with Crippen LogP contribution in [-0.4, -0.2) is 6.54 Å². The zero-order valence-corrected chi connectivity index (χ0v) is 12.4. The Balaban J connectivity index is 2.01. The molecule has 0 spiro atoms. The standard InChI is InChI=1S/C15H19BrN2/c1-15(5-3-2-4-6-15)11-18-14-8-12(10-17)7-13(16)9-14/h7-9,18H,2-6,11H2,1H3. The maximum absolute atomic E-state index is 8.96. The van der Waals surface area contributed by atoms with E-state index in [9.17, 15) is 0 Å². The second-order valence-corrected chi connectivity index (χ2v) is 6.48. The number of benzene rings is 1. The fourth-order valence-corrected chi connectivity index (χ4v) is 3.15. The second-order valence-electron chi connectivity index (χ2n) is 5.57. The Hall–Kier alpha value is -1.01. The molecule has 0 heterocycles. The molecule has 2 rings (SSSR count). The van der Waals surface area contributed by atoms with Crippen molar-refractivity contribution < 1.29 is 0 Å². The van der Waals surface area contributed by atoms with E-state index in [0.29, 0.717) is 11.0 Å². The summed E-state index contributed by atoms with van der Waals surface area (Å²) in [5.74, 6) is 0. The van der Waals surface area contributed by atoms with Crippen LogP contribution in [0.2, 0.25) is 0 Å². The lowest BCUT2D eigenvalue weighted by molar-refractivity contribution is 0.233. The predicted octanol–water partition coefficient (Wildman–Crippen LogP) is 4.70. The van der Waals surface area contributed by atoms with Gasteiger partial charge in [0, 0.05) is 16.7 Å². The van der Waals surface area contributed by atoms with Gasteiger partial charge in [-0.15, -0.1) is 0 Å². The number of hydrogen-bond donors (Lipinski definition) is 1. The lowest BCUT2D eigenvalue weighted by Gasteiger charge is -2.34. The Bertz CT molecular complexity index is 456. The molecule has 1 aliphatic rings. The summed E-state index contributed by atoms with van der Waals surface area (Å²) in [7, 11) is 0. The van der Waals surface area contributed by atoms with Crippen molar-refractivity contribution in [1.82, 2.24) is 0 Å². The van der Waals surface area contributed by atoms with Crippen LogP contribution in [0.4, 0.5) is 5.69 Å². The van der Waals surface area contributed by atoms with Crippen LogP contribution in [0.1, 0.15) is 44.6 Å². The third-order valence-corrected chi connectivity index (χ3v) is 4.26. The van der Waals surface area contributed by atoms with E-state index >= 15 is 0 Å². The van der Waals surface area contributed by atoms with Crippen molar-refractivity contribution in [3.63, 3.8) is 0 Å². The molecule has 0 saturated heterocycles. The van der Waals surface area contributed by atoms with E-state index < -0.39 is 0 Å². The van der Waals surface area contributed by atoms with Crippen molar-refractivity contribution in [1.29, 1.82) is 5.26 Å². The first-order valence-electron chi connectivity index (χ1n) is 6.56. The summed E-state index contributed by atoms with van der Waals surface area (Å²) in [6.45, 7) is 3.36. The summed E-state index contributed by atoms with van der Waals surface area (Å²) in [4.78, 5) is 0. The van der Waals surface area contributed by atoms with E-state index in [2.05, 4.69) is 34.2 Å². The van der Waals surface area contributed by atoms with Crippen molar-refractivity contribution in [2.75, 3.05) is 11.9 Å². The number of nitriles is 1. The Morgan fingerprint density at radius 2 is 2.00 bits per heavy atom. The SMILES string of the molecule is CC1(CNc2cc(Br)cc(C#N)c2)CCCCC1. The minimum atomic E-state index is 0.410. The van der Waals surface area contributed by atoms with E-state index in [1.165, 1.54) is 32.1 Å². The highest BCUT2D eigenvalue weighted by molar-refractivity contribution is 9.10. The molecule has 0 aromatic heterocycles. The zero-order chi connectivity index (χ0) is 13.0. The first kappa shape index (κ1) is 13.4. The first-order valence-corrected chi connectivity index (χ1v) is 7.35. The van der Waals surface area contributed by atoms with Gasteiger partial charge in [-0.25, -0.2) is 0 Å². The average Bonchev–Trinajstić information content (AvgIpc) is 2.37. The minimum absolute atomic E-state index is 0.410. The van der Waals surface area contributed by atoms with Crippen LogP contribution in [0, 0.1) is 16.7 Å². The van der Waals surface area contributed by atoms with Gasteiger partial charge in [0.25, 0.3) is 0 Å². The van der Waals surface area contributed by atoms with Gasteiger partial charge in [0.05, 0.1) is 11.6 Å². The Morgan fingerprint density at radius 3 is 2.67 bits per heavy atom. The van der Waals surface area contributed by atoms with Gasteiger partial charge < -0.3 is 5.32 Å². The maximum Gasteiger partial charge on any atom is 0.0992 e. The van der Waals surface area contributed by atoms with E-state index in [4.69, 9.17) is 5.26 Å². The predicted molar refractivity (Wildman–Crippen MR) is 78.5 cm³/mol. The molecule has 1 aromatic rings. The molecule has 96 valence electrons. The quantitative estimate of drug-likeness (QED) is 0.878. The van der Waals surface area contributed by atoms with Gasteiger partial charge in [-0.05, 0) is 36.5 Å². The van der Waals surface area contributed by atoms with Crippen molar-refractivity contribution >= 4 is 21.6 Å². The molecule has 1 aliphatic carbocycles. The Labute approximate surface area is 118 Å². The van der Waals surface area contributed by atoms with Crippen molar-refractivity contribution in [3.8, 4) is 6.07 Å². The van der Waals surface area contributed by atoms with Crippen molar-refractivity contribution in [2.24, 2.45) is 5.41 Å². The van der Waals surface area contributed by atoms with Gasteiger partial charge in [-0.1, -0.05) is 42.1 Å². The van der Waals surface area contributed by atoms with Gasteiger partial charge in [0.1, 0.15) is 0 Å². The minimum Gasteiger partial charge on any atom is -0.384 e. The van der Waals surface area contributed by atoms with E-state index in [-0.39, 0.29) is 0 Å². The molecule has 1 fully saturated rings. The maximum atomic E-state index is 8.96. The van der Waals surface area contributed by atoms with E-state index in [1.54, 1.807) is 0 Å². The molecule has 0 atom stereocenters. The summed E-state index contributed by atoms with van der Waals surface area (Å²) < 4.78 is 0.956. The third kappa shape index (κ3) is 3.49. The number of hydrogen-bond acceptors (Lipinski definition) is 2. The van der Waals surface area contributed by atoms with Crippen LogP contribution in [0.5, 0.6) is 0 Å². The molecule has 1 N–H and O–H groups in total. The van der Waals surface area contributed by atoms with Crippen LogP contribution in [-0.2, 0) is 0 Å². The lowest BCUT2D eigenvalue weighted by atomic mass is 9.76. The molecule has 0 unspecified atom stereocenters. The van der Waals surface area contributed by atoms with Gasteiger partial charge in [0.2, 0.25) is 0 Å². The largest absolute Gasteiger partial charge is 0.384 e. The zero-order valence-electron chi connectivity index (χ0n) is 10.8. The molecule has 1 aromatic carbocycles. The van der Waals surface area contributed by atoms with Crippen LogP contribution in [0.3, 0.4) is 0 Å². The number of halogens is 1. The Kier molecular flexibility index (Phi) is 4.29. The van der Waals surface area contributed by atoms with Crippen LogP contribution >= 0.6 is 15.9 Å². The molecule has 2 nitrogen and oxygen atoms in total. The molecular formula is C15H19BrN2. The summed E-state index contributed by atoms with van der Waals surface area (Å²) >= 11 is 3.44. The normalized spacial score (nSPS) is 18.1. The first-order chi connectivity index (χ1) is 8.61. The summed E-state index contributed by atoms with van der Waals surface area (Å²) in [5.41, 5.74) is 2.14. The highest BCUT2D eigenvalue weighted by atomic mass is 79.9. The smallest absolute Gasteiger partial charge is 0.0992 e. The van der Waals surface area contributed by atoms with Crippen molar-refractivity contribution in [2.45, 2.75) is 39.0 Å². The van der Waals surface area contributed by atoms with Gasteiger partial charge in [-0.3, -0.25) is 0 Å². The molecule has 0 aliphatic heterocycles. The molecule has 0 amide bonds. The molecule has 1 saturated carbocycles. The molecule has 0 radical (unpaired) electrons. The fraction of sp³-hybridized carbons (Fsp3) is 0.533. The van der Waals surface area contributed by atoms with Gasteiger partial charge in [-0.2, -0.15) is 5.26 Å². The second kappa shape index (κ2) is 5.75. The molecule has 3 heteroatoms. The number of anilines is 1. The average molecular weight is 307 g/mol. The highest BCUT2D eigenvalue weighted by Crippen LogP contribution is 2.36. The topological polar surface area (TPSA) is 35.8 Å². The fourth-order valence-electron chi connectivity index (χ4n) is 2.65. The summed E-state index contributed by atoms with van der Waals surface area (Å²) in [5, 5.41) is 12.4. The Morgan fingerprint density at radius 1 is 1.28 bits per heavy atom. The number of nitrogens with zero attached hydrogens (tertiary/aromatic N) is 1. The van der Waals surface area contributed by atoms with Crippen LogP contribution < -0.4 is 5.32 Å². The summed E-state index contributed by atoms with van der Waals surface area (Å²) in [6.07, 6.45) is 6.68. The third-order valence-electron chi connectivity index (χ3n) is 3.81. The number of rotatable bonds is 3. The van der Waals surface area contributed by atoms with Crippen molar-refractivity contribution in [3.05, 3.63) is 28.2 Å². The molecular weight excluding hydrogens is 288 g/mol. The lowest BCUT2D eigenvalue weighted by Crippen LogP contribution is -2.28. The molecule has 18 heavy (non-hydrogen) atoms. The highest BCUT2D eigenvalue weighted by Gasteiger charge is 2.26. The monoisotopic (exact) mass is 306 g/mol.